The Bertz CT molecular complexity index is 513. The summed E-state index contributed by atoms with van der Waals surface area (Å²) in [5.41, 5.74) is 1.49. The van der Waals surface area contributed by atoms with Gasteiger partial charge in [-0.3, -0.25) is 0 Å². The summed E-state index contributed by atoms with van der Waals surface area (Å²) in [6.07, 6.45) is 8.14. The van der Waals surface area contributed by atoms with E-state index >= 15 is 0 Å². The van der Waals surface area contributed by atoms with Gasteiger partial charge in [0.15, 0.2) is 0 Å². The van der Waals surface area contributed by atoms with E-state index in [2.05, 4.69) is 85.0 Å². The van der Waals surface area contributed by atoms with Crippen LogP contribution < -0.4 is 0 Å². The van der Waals surface area contributed by atoms with Gasteiger partial charge in [-0.15, -0.1) is 0 Å². The molecule has 0 aliphatic carbocycles. The molecule has 0 fully saturated rings. The van der Waals surface area contributed by atoms with Crippen LogP contribution in [-0.2, 0) is 4.43 Å². The van der Waals surface area contributed by atoms with Gasteiger partial charge in [0.25, 0.3) is 0 Å². The molecule has 0 N–H and O–H groups in total. The first-order chi connectivity index (χ1) is 13.1. The third-order valence-electron chi connectivity index (χ3n) is 6.96. The van der Waals surface area contributed by atoms with Gasteiger partial charge in [0.2, 0.25) is 0 Å². The summed E-state index contributed by atoms with van der Waals surface area (Å²) < 4.78 is 12.3. The van der Waals surface area contributed by atoms with Crippen LogP contribution in [0.1, 0.15) is 89.8 Å². The maximum atomic E-state index is 7.38. The summed E-state index contributed by atoms with van der Waals surface area (Å²) >= 11 is -2.56. The zero-order valence-electron chi connectivity index (χ0n) is 20.2. The Hall–Kier alpha value is 0.196. The second kappa shape index (κ2) is 12.1. The number of hydrogen-bond donors (Lipinski definition) is 0. The summed E-state index contributed by atoms with van der Waals surface area (Å²) in [4.78, 5) is 0. The van der Waals surface area contributed by atoms with E-state index in [1.165, 1.54) is 57.4 Å². The predicted molar refractivity (Wildman–Crippen MR) is 132 cm³/mol. The first-order valence-corrected chi connectivity index (χ1v) is 22.5. The molecule has 0 aliphatic heterocycles. The summed E-state index contributed by atoms with van der Waals surface area (Å²) in [6.45, 7) is 19.2. The van der Waals surface area contributed by atoms with Gasteiger partial charge in [-0.2, -0.15) is 0 Å². The van der Waals surface area contributed by atoms with Crippen molar-refractivity contribution in [2.45, 2.75) is 116 Å². The van der Waals surface area contributed by atoms with E-state index in [-0.39, 0.29) is 5.04 Å². The molecule has 0 bridgehead atoms. The Morgan fingerprint density at radius 1 is 0.821 bits per heavy atom. The molecule has 3 heteroatoms. The van der Waals surface area contributed by atoms with Crippen molar-refractivity contribution in [3.63, 3.8) is 0 Å². The summed E-state index contributed by atoms with van der Waals surface area (Å²) in [7, 11) is -1.83. The van der Waals surface area contributed by atoms with Crippen LogP contribution in [0.25, 0.3) is 0 Å². The van der Waals surface area contributed by atoms with E-state index in [0.717, 1.165) is 0 Å². The molecule has 0 saturated heterocycles. The molecule has 0 amide bonds. The van der Waals surface area contributed by atoms with Crippen molar-refractivity contribution < 1.29 is 4.43 Å². The minimum absolute atomic E-state index is 0.262. The SMILES string of the molecule is CCC[CH2][Sn]([CH2]CCC)([CH2]CCC)[CH](O[Si](C)(C)C(C)(C)C)c1ccccc1. The molecule has 1 aromatic rings. The quantitative estimate of drug-likeness (QED) is 0.240. The van der Waals surface area contributed by atoms with Crippen LogP contribution in [0.4, 0.5) is 0 Å². The van der Waals surface area contributed by atoms with E-state index in [0.29, 0.717) is 4.12 Å². The van der Waals surface area contributed by atoms with Gasteiger partial charge in [0.1, 0.15) is 0 Å². The normalized spacial score (nSPS) is 14.3. The van der Waals surface area contributed by atoms with E-state index in [1.807, 2.05) is 0 Å². The summed E-state index contributed by atoms with van der Waals surface area (Å²) in [5.74, 6) is 0. The van der Waals surface area contributed by atoms with Gasteiger partial charge < -0.3 is 0 Å². The Labute approximate surface area is 182 Å². The fourth-order valence-corrected chi connectivity index (χ4v) is 26.0. The van der Waals surface area contributed by atoms with Gasteiger partial charge >= 0.3 is 183 Å². The molecule has 0 radical (unpaired) electrons. The van der Waals surface area contributed by atoms with E-state index < -0.39 is 26.7 Å². The van der Waals surface area contributed by atoms with Gasteiger partial charge in [-0.1, -0.05) is 0 Å². The molecule has 1 atom stereocenters. The van der Waals surface area contributed by atoms with Crippen LogP contribution in [0.3, 0.4) is 0 Å². The average Bonchev–Trinajstić information content (AvgIpc) is 2.66. The van der Waals surface area contributed by atoms with E-state index in [9.17, 15) is 0 Å². The Morgan fingerprint density at radius 2 is 1.25 bits per heavy atom. The monoisotopic (exact) mass is 512 g/mol. The van der Waals surface area contributed by atoms with Gasteiger partial charge in [-0.25, -0.2) is 0 Å². The molecule has 0 aromatic heterocycles. The Balaban J connectivity index is 3.46. The number of hydrogen-bond acceptors (Lipinski definition) is 1. The molecule has 0 aliphatic rings. The number of rotatable bonds is 13. The fourth-order valence-electron chi connectivity index (χ4n) is 4.00. The van der Waals surface area contributed by atoms with Crippen molar-refractivity contribution in [3.05, 3.63) is 35.9 Å². The zero-order chi connectivity index (χ0) is 21.3. The third-order valence-corrected chi connectivity index (χ3v) is 28.1. The predicted octanol–water partition coefficient (Wildman–Crippen LogP) is 9.14. The summed E-state index contributed by atoms with van der Waals surface area (Å²) in [5, 5.41) is 0.262. The van der Waals surface area contributed by atoms with Crippen LogP contribution in [0.5, 0.6) is 0 Å². The first kappa shape index (κ1) is 26.2. The second-order valence-corrected chi connectivity index (χ2v) is 28.7. The first-order valence-electron chi connectivity index (χ1n) is 11.9. The number of benzene rings is 1. The van der Waals surface area contributed by atoms with Crippen molar-refractivity contribution >= 4 is 26.7 Å². The van der Waals surface area contributed by atoms with Crippen molar-refractivity contribution in [2.24, 2.45) is 0 Å². The average molecular weight is 511 g/mol. The molecule has 0 heterocycles. The number of unbranched alkanes of at least 4 members (excludes halogenated alkanes) is 3. The van der Waals surface area contributed by atoms with Crippen molar-refractivity contribution in [1.82, 2.24) is 0 Å². The molecule has 1 unspecified atom stereocenters. The van der Waals surface area contributed by atoms with Crippen LogP contribution >= 0.6 is 0 Å². The minimum atomic E-state index is -2.56. The van der Waals surface area contributed by atoms with Gasteiger partial charge in [-0.05, 0) is 0 Å². The second-order valence-electron chi connectivity index (χ2n) is 10.3. The van der Waals surface area contributed by atoms with Gasteiger partial charge in [0, 0.05) is 0 Å². The molecular formula is C25H48OSiSn. The van der Waals surface area contributed by atoms with Crippen LogP contribution in [0, 0.1) is 0 Å². The molecule has 1 aromatic carbocycles. The Kier molecular flexibility index (Phi) is 11.4. The molecular weight excluding hydrogens is 463 g/mol. The van der Waals surface area contributed by atoms with Crippen LogP contribution in [0.15, 0.2) is 30.3 Å². The fraction of sp³-hybridized carbons (Fsp3) is 0.760. The summed E-state index contributed by atoms with van der Waals surface area (Å²) in [6, 6.07) is 11.4. The molecule has 0 saturated carbocycles. The zero-order valence-corrected chi connectivity index (χ0v) is 24.1. The van der Waals surface area contributed by atoms with Crippen LogP contribution in [0.2, 0.25) is 31.4 Å². The maximum absolute atomic E-state index is 7.38. The molecule has 0 spiro atoms. The molecule has 1 nitrogen and oxygen atoms in total. The topological polar surface area (TPSA) is 9.23 Å². The van der Waals surface area contributed by atoms with E-state index in [1.54, 1.807) is 0 Å². The van der Waals surface area contributed by atoms with Crippen molar-refractivity contribution in [2.75, 3.05) is 0 Å². The van der Waals surface area contributed by atoms with Crippen LogP contribution in [-0.4, -0.2) is 26.7 Å². The van der Waals surface area contributed by atoms with E-state index in [4.69, 9.17) is 4.43 Å². The molecule has 162 valence electrons. The Morgan fingerprint density at radius 3 is 1.61 bits per heavy atom. The standard InChI is InChI=1S/C13H21OSi.3C4H9.Sn/c1-13(2,3)15(4,5)14-11-12-9-7-6-8-10-12;3*1-3-4-2;/h6-11H,1-5H3;3*1,3-4H2,2H3;. The van der Waals surface area contributed by atoms with Crippen molar-refractivity contribution in [1.29, 1.82) is 0 Å². The third kappa shape index (κ3) is 7.47. The molecule has 28 heavy (non-hydrogen) atoms. The van der Waals surface area contributed by atoms with Crippen molar-refractivity contribution in [3.8, 4) is 0 Å². The van der Waals surface area contributed by atoms with Gasteiger partial charge in [0.05, 0.1) is 0 Å². The molecule has 1 rings (SSSR count).